The molecule has 2 N–H and O–H groups in total. The van der Waals surface area contributed by atoms with Crippen molar-refractivity contribution in [1.29, 1.82) is 0 Å². The predicted molar refractivity (Wildman–Crippen MR) is 109 cm³/mol. The van der Waals surface area contributed by atoms with E-state index in [9.17, 15) is 18.9 Å². The van der Waals surface area contributed by atoms with Gasteiger partial charge in [-0.2, -0.15) is 0 Å². The van der Waals surface area contributed by atoms with Crippen LogP contribution < -0.4 is 5.73 Å². The van der Waals surface area contributed by atoms with E-state index in [1.54, 1.807) is 13.8 Å². The Balaban J connectivity index is 1.39. The zero-order chi connectivity index (χ0) is 23.1. The third-order valence-corrected chi connectivity index (χ3v) is 8.01. The van der Waals surface area contributed by atoms with Crippen molar-refractivity contribution in [3.63, 3.8) is 0 Å². The van der Waals surface area contributed by atoms with Crippen molar-refractivity contribution in [2.24, 2.45) is 11.1 Å². The molecule has 1 aliphatic carbocycles. The lowest BCUT2D eigenvalue weighted by atomic mass is 9.67. The first kappa shape index (κ1) is 23.5. The second kappa shape index (κ2) is 8.62. The SMILES string of the molecule is CCOC(=O)C1(CCO[P@]2(=O)OC[C@H]3O[C@@H](N4C=CC(=O)CC4=O)[C@](C)(N)[C@@H]3O2)CCC1. The highest BCUT2D eigenvalue weighted by Crippen LogP contribution is 2.58. The molecule has 1 amide bonds. The highest BCUT2D eigenvalue weighted by Gasteiger charge is 2.60. The Bertz CT molecular complexity index is 869. The van der Waals surface area contributed by atoms with Gasteiger partial charge in [0.15, 0.2) is 12.0 Å². The minimum Gasteiger partial charge on any atom is -0.466 e. The monoisotopic (exact) mass is 472 g/mol. The predicted octanol–water partition coefficient (Wildman–Crippen LogP) is 1.41. The van der Waals surface area contributed by atoms with Gasteiger partial charge >= 0.3 is 13.8 Å². The Kier molecular flexibility index (Phi) is 6.34. The second-order valence-corrected chi connectivity index (χ2v) is 10.5. The van der Waals surface area contributed by atoms with Crippen LogP contribution in [0, 0.1) is 5.41 Å². The maximum Gasteiger partial charge on any atom is 0.475 e. The molecule has 0 radical (unpaired) electrons. The molecule has 32 heavy (non-hydrogen) atoms. The molecule has 3 aliphatic heterocycles. The van der Waals surface area contributed by atoms with E-state index >= 15 is 0 Å². The van der Waals surface area contributed by atoms with Crippen molar-refractivity contribution in [1.82, 2.24) is 4.90 Å². The van der Waals surface area contributed by atoms with E-state index in [1.165, 1.54) is 17.2 Å². The summed E-state index contributed by atoms with van der Waals surface area (Å²) in [6.07, 6.45) is 2.55. The van der Waals surface area contributed by atoms with Crippen LogP contribution in [0.2, 0.25) is 0 Å². The second-order valence-electron chi connectivity index (χ2n) is 8.86. The van der Waals surface area contributed by atoms with Gasteiger partial charge in [-0.05, 0) is 39.2 Å². The molecule has 0 spiro atoms. The Hall–Kier alpha value is -1.62. The molecule has 3 fully saturated rings. The van der Waals surface area contributed by atoms with Crippen LogP contribution in [0.3, 0.4) is 0 Å². The summed E-state index contributed by atoms with van der Waals surface area (Å²) < 4.78 is 40.7. The number of amides is 1. The van der Waals surface area contributed by atoms with E-state index in [0.717, 1.165) is 6.42 Å². The van der Waals surface area contributed by atoms with E-state index in [-0.39, 0.29) is 31.4 Å². The van der Waals surface area contributed by atoms with Gasteiger partial charge in [-0.15, -0.1) is 0 Å². The Labute approximate surface area is 186 Å². The Morgan fingerprint density at radius 1 is 1.38 bits per heavy atom. The standard InChI is InChI=1S/C20H29N2O9P/c1-3-27-18(25)20(6-4-7-20)8-10-28-32(26)29-12-14-16(31-32)19(2,21)17(30-14)22-9-5-13(23)11-15(22)24/h5,9,14,16-17H,3-4,6-8,10-12,21H2,1-2H3/t14-,16-,17-,19-,32-/m1/s1. The number of ketones is 1. The van der Waals surface area contributed by atoms with Gasteiger partial charge in [0, 0.05) is 6.20 Å². The summed E-state index contributed by atoms with van der Waals surface area (Å²) >= 11 is 0. The van der Waals surface area contributed by atoms with Gasteiger partial charge in [0.2, 0.25) is 5.91 Å². The third-order valence-electron chi connectivity index (χ3n) is 6.56. The first-order chi connectivity index (χ1) is 15.1. The lowest BCUT2D eigenvalue weighted by Crippen LogP contribution is -2.60. The lowest BCUT2D eigenvalue weighted by molar-refractivity contribution is -0.162. The fourth-order valence-corrected chi connectivity index (χ4v) is 6.03. The number of nitrogens with zero attached hydrogens (tertiary/aromatic N) is 1. The molecule has 4 rings (SSSR count). The van der Waals surface area contributed by atoms with Crippen LogP contribution >= 0.6 is 7.82 Å². The van der Waals surface area contributed by atoms with Gasteiger partial charge in [-0.25, -0.2) is 4.57 Å². The van der Waals surface area contributed by atoms with E-state index in [4.69, 9.17) is 28.8 Å². The molecule has 5 atom stereocenters. The van der Waals surface area contributed by atoms with Gasteiger partial charge < -0.3 is 15.2 Å². The summed E-state index contributed by atoms with van der Waals surface area (Å²) in [5.41, 5.74) is 4.61. The number of ether oxygens (including phenoxy) is 2. The van der Waals surface area contributed by atoms with E-state index in [1.807, 2.05) is 0 Å². The summed E-state index contributed by atoms with van der Waals surface area (Å²) in [6, 6.07) is 0. The number of carbonyl (C=O) groups is 3. The molecule has 0 unspecified atom stereocenters. The van der Waals surface area contributed by atoms with Crippen molar-refractivity contribution in [2.45, 2.75) is 69.9 Å². The van der Waals surface area contributed by atoms with Crippen LogP contribution in [0.1, 0.15) is 46.0 Å². The third kappa shape index (κ3) is 4.18. The average Bonchev–Trinajstić information content (AvgIpc) is 2.94. The normalized spacial score (nSPS) is 38.3. The van der Waals surface area contributed by atoms with E-state index in [2.05, 4.69) is 0 Å². The fraction of sp³-hybridized carbons (Fsp3) is 0.750. The number of phosphoric acid groups is 1. The molecule has 3 heterocycles. The topological polar surface area (TPSA) is 144 Å². The summed E-state index contributed by atoms with van der Waals surface area (Å²) in [5, 5.41) is 0. The molecule has 2 saturated heterocycles. The van der Waals surface area contributed by atoms with Crippen molar-refractivity contribution in [3.8, 4) is 0 Å². The summed E-state index contributed by atoms with van der Waals surface area (Å²) in [6.45, 7) is 3.58. The molecular formula is C20H29N2O9P. The number of hydrogen-bond donors (Lipinski definition) is 1. The lowest BCUT2D eigenvalue weighted by Gasteiger charge is -2.40. The first-order valence-corrected chi connectivity index (χ1v) is 12.3. The van der Waals surface area contributed by atoms with Crippen molar-refractivity contribution in [3.05, 3.63) is 12.3 Å². The van der Waals surface area contributed by atoms with Crippen LogP contribution in [-0.2, 0) is 42.0 Å². The molecule has 1 saturated carbocycles. The van der Waals surface area contributed by atoms with E-state index < -0.39 is 43.1 Å². The van der Waals surface area contributed by atoms with Gasteiger partial charge in [-0.3, -0.25) is 32.9 Å². The largest absolute Gasteiger partial charge is 0.475 e. The van der Waals surface area contributed by atoms with Gasteiger partial charge in [0.25, 0.3) is 0 Å². The molecule has 0 aromatic rings. The van der Waals surface area contributed by atoms with Gasteiger partial charge in [0.05, 0.1) is 37.2 Å². The quantitative estimate of drug-likeness (QED) is 0.328. The maximum atomic E-state index is 13.1. The van der Waals surface area contributed by atoms with E-state index in [0.29, 0.717) is 25.9 Å². The van der Waals surface area contributed by atoms with Crippen LogP contribution in [0.25, 0.3) is 0 Å². The van der Waals surface area contributed by atoms with Crippen molar-refractivity contribution >= 4 is 25.5 Å². The molecule has 0 aromatic heterocycles. The number of hydrogen-bond acceptors (Lipinski definition) is 10. The molecule has 11 nitrogen and oxygen atoms in total. The smallest absolute Gasteiger partial charge is 0.466 e. The van der Waals surface area contributed by atoms with Crippen LogP contribution in [-0.4, -0.2) is 66.4 Å². The average molecular weight is 472 g/mol. The van der Waals surface area contributed by atoms with Crippen molar-refractivity contribution in [2.75, 3.05) is 19.8 Å². The van der Waals surface area contributed by atoms with Crippen molar-refractivity contribution < 1.29 is 42.0 Å². The number of rotatable bonds is 7. The maximum absolute atomic E-state index is 13.1. The minimum atomic E-state index is -3.96. The summed E-state index contributed by atoms with van der Waals surface area (Å²) in [5.74, 6) is -1.01. The van der Waals surface area contributed by atoms with Gasteiger partial charge in [0.1, 0.15) is 12.2 Å². The highest BCUT2D eigenvalue weighted by molar-refractivity contribution is 7.48. The zero-order valence-electron chi connectivity index (χ0n) is 18.2. The molecular weight excluding hydrogens is 443 g/mol. The minimum absolute atomic E-state index is 0.00545. The number of allylic oxidation sites excluding steroid dienone is 1. The molecule has 178 valence electrons. The van der Waals surface area contributed by atoms with Crippen LogP contribution in [0.4, 0.5) is 0 Å². The number of fused-ring (bicyclic) bond motifs is 1. The summed E-state index contributed by atoms with van der Waals surface area (Å²) in [4.78, 5) is 37.3. The molecule has 12 heteroatoms. The number of carbonyl (C=O) groups excluding carboxylic acids is 3. The number of phosphoric ester groups is 1. The highest BCUT2D eigenvalue weighted by atomic mass is 31.2. The Morgan fingerprint density at radius 3 is 2.75 bits per heavy atom. The zero-order valence-corrected chi connectivity index (χ0v) is 19.1. The van der Waals surface area contributed by atoms with Crippen LogP contribution in [0.15, 0.2) is 12.3 Å². The first-order valence-electron chi connectivity index (χ1n) is 10.8. The fourth-order valence-electron chi connectivity index (χ4n) is 4.55. The number of esters is 1. The van der Waals surface area contributed by atoms with Crippen LogP contribution in [0.5, 0.6) is 0 Å². The number of nitrogens with two attached hydrogens (primary N) is 1. The molecule has 0 bridgehead atoms. The van der Waals surface area contributed by atoms with Gasteiger partial charge in [-0.1, -0.05) is 6.42 Å². The summed E-state index contributed by atoms with van der Waals surface area (Å²) in [7, 11) is -3.96. The Morgan fingerprint density at radius 2 is 2.12 bits per heavy atom. The molecule has 4 aliphatic rings. The molecule has 0 aromatic carbocycles.